The smallest absolute Gasteiger partial charge is 0.255 e. The molecular formula is C21H24N2O6S. The van der Waals surface area contributed by atoms with E-state index in [-0.39, 0.29) is 5.75 Å². The Kier molecular flexibility index (Phi) is 6.02. The molecule has 1 aliphatic heterocycles. The molecule has 0 bridgehead atoms. The van der Waals surface area contributed by atoms with Gasteiger partial charge in [-0.15, -0.1) is 0 Å². The number of sulfone groups is 1. The Morgan fingerprint density at radius 2 is 1.90 bits per heavy atom. The van der Waals surface area contributed by atoms with Crippen molar-refractivity contribution in [1.82, 2.24) is 4.90 Å². The zero-order valence-corrected chi connectivity index (χ0v) is 17.8. The maximum Gasteiger partial charge on any atom is 0.255 e. The fourth-order valence-electron chi connectivity index (χ4n) is 3.74. The number of nitrogens with zero attached hydrogens (tertiary/aromatic N) is 1. The predicted octanol–water partition coefficient (Wildman–Crippen LogP) is 1.86. The molecule has 9 heteroatoms. The van der Waals surface area contributed by atoms with Crippen LogP contribution in [0.25, 0.3) is 0 Å². The molecule has 1 heterocycles. The summed E-state index contributed by atoms with van der Waals surface area (Å²) in [6, 6.07) is 9.56. The number of ether oxygens (including phenoxy) is 2. The van der Waals surface area contributed by atoms with E-state index in [0.29, 0.717) is 34.8 Å². The van der Waals surface area contributed by atoms with Crippen LogP contribution < -0.4 is 15.2 Å². The lowest BCUT2D eigenvalue weighted by Gasteiger charge is -2.32. The monoisotopic (exact) mass is 432 g/mol. The fraction of sp³-hybridized carbons (Fsp3) is 0.333. The van der Waals surface area contributed by atoms with Crippen LogP contribution in [0.1, 0.15) is 40.5 Å². The van der Waals surface area contributed by atoms with Crippen molar-refractivity contribution >= 4 is 21.7 Å². The highest BCUT2D eigenvalue weighted by molar-refractivity contribution is 7.90. The summed E-state index contributed by atoms with van der Waals surface area (Å²) >= 11 is 0. The second-order valence-electron chi connectivity index (χ2n) is 7.06. The van der Waals surface area contributed by atoms with Crippen LogP contribution in [0.3, 0.4) is 0 Å². The third kappa shape index (κ3) is 4.11. The number of rotatable bonds is 8. The molecule has 0 aromatic heterocycles. The van der Waals surface area contributed by atoms with Gasteiger partial charge >= 0.3 is 0 Å². The Bertz CT molecular complexity index is 1080. The lowest BCUT2D eigenvalue weighted by molar-refractivity contribution is -0.123. The van der Waals surface area contributed by atoms with Crippen molar-refractivity contribution in [1.29, 1.82) is 0 Å². The van der Waals surface area contributed by atoms with Gasteiger partial charge < -0.3 is 20.1 Å². The van der Waals surface area contributed by atoms with Crippen LogP contribution in [-0.2, 0) is 14.6 Å². The van der Waals surface area contributed by atoms with E-state index >= 15 is 0 Å². The number of benzene rings is 2. The van der Waals surface area contributed by atoms with Gasteiger partial charge in [-0.1, -0.05) is 24.3 Å². The Balaban J connectivity index is 2.17. The van der Waals surface area contributed by atoms with E-state index in [2.05, 4.69) is 0 Å². The molecular weight excluding hydrogens is 408 g/mol. The number of amides is 2. The third-order valence-corrected chi connectivity index (χ3v) is 5.86. The molecule has 0 spiro atoms. The minimum atomic E-state index is -3.53. The summed E-state index contributed by atoms with van der Waals surface area (Å²) < 4.78 is 35.4. The molecule has 0 aliphatic carbocycles. The highest BCUT2D eigenvalue weighted by Gasteiger charge is 2.45. The number of carbonyl (C=O) groups is 2. The molecule has 30 heavy (non-hydrogen) atoms. The largest absolute Gasteiger partial charge is 0.493 e. The van der Waals surface area contributed by atoms with E-state index in [1.807, 2.05) is 6.92 Å². The molecule has 8 nitrogen and oxygen atoms in total. The van der Waals surface area contributed by atoms with Gasteiger partial charge in [0, 0.05) is 11.8 Å². The number of primary amides is 1. The topological polar surface area (TPSA) is 116 Å². The molecule has 2 aromatic rings. The molecule has 0 saturated heterocycles. The van der Waals surface area contributed by atoms with Gasteiger partial charge in [0.05, 0.1) is 25.5 Å². The number of nitrogens with two attached hydrogens (primary N) is 1. The van der Waals surface area contributed by atoms with Gasteiger partial charge in [-0.3, -0.25) is 9.59 Å². The average molecular weight is 432 g/mol. The van der Waals surface area contributed by atoms with Gasteiger partial charge in [0.2, 0.25) is 5.91 Å². The van der Waals surface area contributed by atoms with Crippen molar-refractivity contribution < 1.29 is 27.5 Å². The zero-order valence-electron chi connectivity index (χ0n) is 17.0. The molecule has 0 fully saturated rings. The van der Waals surface area contributed by atoms with Gasteiger partial charge in [-0.2, -0.15) is 0 Å². The Morgan fingerprint density at radius 1 is 1.20 bits per heavy atom. The first kappa shape index (κ1) is 21.6. The first-order valence-corrected chi connectivity index (χ1v) is 11.4. The fourth-order valence-corrected chi connectivity index (χ4v) is 4.67. The van der Waals surface area contributed by atoms with Crippen LogP contribution in [0.15, 0.2) is 42.5 Å². The summed E-state index contributed by atoms with van der Waals surface area (Å²) in [6.07, 6.45) is 1.08. The van der Waals surface area contributed by atoms with E-state index in [9.17, 15) is 18.0 Å². The number of fused-ring (bicyclic) bond motifs is 1. The molecule has 0 saturated carbocycles. The summed E-state index contributed by atoms with van der Waals surface area (Å²) in [4.78, 5) is 26.8. The number of hydrogen-bond donors (Lipinski definition) is 1. The van der Waals surface area contributed by atoms with Crippen molar-refractivity contribution in [3.05, 3.63) is 59.2 Å². The lowest BCUT2D eigenvalue weighted by atomic mass is 10.0. The zero-order chi connectivity index (χ0) is 22.1. The summed E-state index contributed by atoms with van der Waals surface area (Å²) in [5.74, 6) is -0.673. The second kappa shape index (κ2) is 8.35. The Hall–Kier alpha value is -3.07. The maximum absolute atomic E-state index is 13.2. The SMILES string of the molecule is CCOc1cc(C(CS(C)(=O)=O)N2C(=O)c3ccccc3C2C(N)=O)ccc1OC. The normalized spacial score (nSPS) is 16.8. The summed E-state index contributed by atoms with van der Waals surface area (Å²) in [6.45, 7) is 2.18. The standard InChI is InChI=1S/C21H24N2O6S/c1-4-29-18-11-13(9-10-17(18)28-2)16(12-30(3,26)27)23-19(20(22)24)14-7-5-6-8-15(14)21(23)25/h5-11,16,19H,4,12H2,1-3H3,(H2,22,24). The number of carbonyl (C=O) groups excluding carboxylic acids is 2. The second-order valence-corrected chi connectivity index (χ2v) is 9.24. The molecule has 2 aromatic carbocycles. The van der Waals surface area contributed by atoms with Crippen molar-refractivity contribution in [2.24, 2.45) is 5.73 Å². The summed E-state index contributed by atoms with van der Waals surface area (Å²) in [5.41, 5.74) is 6.94. The third-order valence-electron chi connectivity index (χ3n) is 4.94. The van der Waals surface area contributed by atoms with Crippen LogP contribution >= 0.6 is 0 Å². The van der Waals surface area contributed by atoms with Crippen LogP contribution in [0.5, 0.6) is 11.5 Å². The summed E-state index contributed by atoms with van der Waals surface area (Å²) in [7, 11) is -2.03. The van der Waals surface area contributed by atoms with Gasteiger partial charge in [-0.05, 0) is 36.2 Å². The van der Waals surface area contributed by atoms with Gasteiger partial charge in [0.15, 0.2) is 11.5 Å². The molecule has 0 radical (unpaired) electrons. The van der Waals surface area contributed by atoms with Crippen molar-refractivity contribution in [3.63, 3.8) is 0 Å². The summed E-state index contributed by atoms with van der Waals surface area (Å²) in [5, 5.41) is 0. The lowest BCUT2D eigenvalue weighted by Crippen LogP contribution is -2.41. The van der Waals surface area contributed by atoms with E-state index < -0.39 is 33.7 Å². The molecule has 1 aliphatic rings. The van der Waals surface area contributed by atoms with Crippen LogP contribution in [0.2, 0.25) is 0 Å². The quantitative estimate of drug-likeness (QED) is 0.681. The highest BCUT2D eigenvalue weighted by Crippen LogP contribution is 2.42. The Morgan fingerprint density at radius 3 is 2.50 bits per heavy atom. The van der Waals surface area contributed by atoms with Crippen molar-refractivity contribution in [2.75, 3.05) is 25.7 Å². The maximum atomic E-state index is 13.2. The molecule has 2 amide bonds. The molecule has 2 atom stereocenters. The minimum Gasteiger partial charge on any atom is -0.493 e. The molecule has 3 rings (SSSR count). The van der Waals surface area contributed by atoms with Crippen LogP contribution in [-0.4, -0.2) is 50.9 Å². The van der Waals surface area contributed by atoms with Gasteiger partial charge in [0.1, 0.15) is 15.9 Å². The average Bonchev–Trinajstić information content (AvgIpc) is 2.98. The van der Waals surface area contributed by atoms with Crippen LogP contribution in [0.4, 0.5) is 0 Å². The molecule has 160 valence electrons. The van der Waals surface area contributed by atoms with Gasteiger partial charge in [-0.25, -0.2) is 8.42 Å². The predicted molar refractivity (Wildman–Crippen MR) is 111 cm³/mol. The number of hydrogen-bond acceptors (Lipinski definition) is 6. The Labute approximate surface area is 175 Å². The first-order valence-electron chi connectivity index (χ1n) is 9.37. The van der Waals surface area contributed by atoms with E-state index in [1.165, 1.54) is 12.0 Å². The van der Waals surface area contributed by atoms with Crippen molar-refractivity contribution in [2.45, 2.75) is 19.0 Å². The van der Waals surface area contributed by atoms with E-state index in [4.69, 9.17) is 15.2 Å². The minimum absolute atomic E-state index is 0.332. The molecule has 2 N–H and O–H groups in total. The number of methoxy groups -OCH3 is 1. The van der Waals surface area contributed by atoms with Crippen molar-refractivity contribution in [3.8, 4) is 11.5 Å². The first-order chi connectivity index (χ1) is 14.2. The van der Waals surface area contributed by atoms with E-state index in [0.717, 1.165) is 6.26 Å². The van der Waals surface area contributed by atoms with Crippen LogP contribution in [0, 0.1) is 0 Å². The van der Waals surface area contributed by atoms with E-state index in [1.54, 1.807) is 42.5 Å². The van der Waals surface area contributed by atoms with Gasteiger partial charge in [0.25, 0.3) is 5.91 Å². The molecule has 2 unspecified atom stereocenters. The highest BCUT2D eigenvalue weighted by atomic mass is 32.2.